The molecule has 2 aliphatic heterocycles. The summed E-state index contributed by atoms with van der Waals surface area (Å²) in [6.45, 7) is 7.76. The number of thioether (sulfide) groups is 1. The lowest BCUT2D eigenvalue weighted by Crippen LogP contribution is -2.41. The number of ether oxygens (including phenoxy) is 1. The number of nitriles is 1. The highest BCUT2D eigenvalue weighted by molar-refractivity contribution is 8.26. The molecule has 0 N–H and O–H groups in total. The van der Waals surface area contributed by atoms with Gasteiger partial charge in [0.15, 0.2) is 0 Å². The topological polar surface area (TPSA) is 95.6 Å². The number of benzene rings is 1. The number of amides is 1. The zero-order valence-electron chi connectivity index (χ0n) is 22.4. The quantitative estimate of drug-likeness (QED) is 0.260. The maximum Gasteiger partial charge on any atom is 0.309 e. The lowest BCUT2D eigenvalue weighted by Gasteiger charge is -2.35. The van der Waals surface area contributed by atoms with E-state index in [0.717, 1.165) is 5.56 Å². The third kappa shape index (κ3) is 5.94. The molecule has 0 saturated carbocycles. The average molecular weight is 565 g/mol. The first-order chi connectivity index (χ1) is 18.8. The molecular formula is C29H32N4O4S2. The van der Waals surface area contributed by atoms with E-state index < -0.39 is 0 Å². The first-order valence-electron chi connectivity index (χ1n) is 13.2. The highest BCUT2D eigenvalue weighted by Gasteiger charge is 2.34. The summed E-state index contributed by atoms with van der Waals surface area (Å²) >= 11 is 6.79. The number of carbonyl (C=O) groups excluding carboxylic acids is 2. The first-order valence-corrected chi connectivity index (χ1v) is 14.4. The Labute approximate surface area is 238 Å². The van der Waals surface area contributed by atoms with E-state index in [2.05, 4.69) is 11.0 Å². The van der Waals surface area contributed by atoms with E-state index in [9.17, 15) is 19.6 Å². The van der Waals surface area contributed by atoms with Gasteiger partial charge in [-0.2, -0.15) is 5.26 Å². The van der Waals surface area contributed by atoms with Crippen molar-refractivity contribution in [3.8, 4) is 6.07 Å². The second kappa shape index (κ2) is 12.6. The number of nitrogens with zero attached hydrogens (tertiary/aromatic N) is 4. The highest BCUT2D eigenvalue weighted by Crippen LogP contribution is 2.37. The van der Waals surface area contributed by atoms with Gasteiger partial charge in [-0.15, -0.1) is 0 Å². The maximum absolute atomic E-state index is 13.5. The van der Waals surface area contributed by atoms with Crippen LogP contribution in [0.25, 0.3) is 6.08 Å². The maximum atomic E-state index is 13.5. The normalized spacial score (nSPS) is 17.1. The van der Waals surface area contributed by atoms with Gasteiger partial charge in [0.05, 0.1) is 24.0 Å². The van der Waals surface area contributed by atoms with Gasteiger partial charge in [0.25, 0.3) is 11.5 Å². The van der Waals surface area contributed by atoms with Gasteiger partial charge in [0.1, 0.15) is 21.8 Å². The Morgan fingerprint density at radius 2 is 1.90 bits per heavy atom. The van der Waals surface area contributed by atoms with Crippen LogP contribution in [0.15, 0.2) is 40.0 Å². The van der Waals surface area contributed by atoms with Crippen LogP contribution in [0.1, 0.15) is 55.4 Å². The van der Waals surface area contributed by atoms with Crippen molar-refractivity contribution in [2.24, 2.45) is 5.92 Å². The lowest BCUT2D eigenvalue weighted by molar-refractivity contribution is -0.148. The van der Waals surface area contributed by atoms with Gasteiger partial charge in [0.2, 0.25) is 0 Å². The van der Waals surface area contributed by atoms with Crippen LogP contribution >= 0.6 is 24.0 Å². The van der Waals surface area contributed by atoms with Gasteiger partial charge in [0, 0.05) is 25.2 Å². The van der Waals surface area contributed by atoms with Crippen LogP contribution in [0.4, 0.5) is 5.82 Å². The van der Waals surface area contributed by atoms with Crippen LogP contribution in [-0.4, -0.2) is 45.4 Å². The number of pyridine rings is 1. The molecule has 0 atom stereocenters. The predicted octanol–water partition coefficient (Wildman–Crippen LogP) is 4.62. The zero-order chi connectivity index (χ0) is 28.1. The van der Waals surface area contributed by atoms with E-state index >= 15 is 0 Å². The Kier molecular flexibility index (Phi) is 9.25. The summed E-state index contributed by atoms with van der Waals surface area (Å²) in [5.74, 6) is 0.0899. The zero-order valence-corrected chi connectivity index (χ0v) is 24.1. The molecule has 39 heavy (non-hydrogen) atoms. The van der Waals surface area contributed by atoms with Gasteiger partial charge >= 0.3 is 5.97 Å². The summed E-state index contributed by atoms with van der Waals surface area (Å²) in [7, 11) is 0. The number of hydrogen-bond donors (Lipinski definition) is 0. The molecular weight excluding hydrogens is 532 g/mol. The molecule has 2 saturated heterocycles. The smallest absolute Gasteiger partial charge is 0.309 e. The Balaban J connectivity index is 1.76. The molecule has 0 aliphatic carbocycles. The van der Waals surface area contributed by atoms with E-state index in [1.807, 2.05) is 37.3 Å². The van der Waals surface area contributed by atoms with Crippen LogP contribution in [0.5, 0.6) is 0 Å². The molecule has 0 unspecified atom stereocenters. The molecule has 3 heterocycles. The van der Waals surface area contributed by atoms with Gasteiger partial charge in [-0.25, -0.2) is 0 Å². The molecule has 8 nitrogen and oxygen atoms in total. The predicted molar refractivity (Wildman–Crippen MR) is 157 cm³/mol. The van der Waals surface area contributed by atoms with Gasteiger partial charge < -0.3 is 9.64 Å². The van der Waals surface area contributed by atoms with Crippen LogP contribution in [0.2, 0.25) is 0 Å². The summed E-state index contributed by atoms with van der Waals surface area (Å²) in [5.41, 5.74) is 1.90. The second-order valence-corrected chi connectivity index (χ2v) is 11.2. The molecule has 0 bridgehead atoms. The van der Waals surface area contributed by atoms with Crippen molar-refractivity contribution in [1.29, 1.82) is 5.26 Å². The van der Waals surface area contributed by atoms with E-state index in [1.165, 1.54) is 11.8 Å². The molecule has 10 heteroatoms. The Morgan fingerprint density at radius 3 is 2.51 bits per heavy atom. The first kappa shape index (κ1) is 28.6. The van der Waals surface area contributed by atoms with Crippen molar-refractivity contribution in [2.75, 3.05) is 24.6 Å². The standard InChI is InChI=1S/C29H32N4O4S2/c1-4-13-32-25(31-14-11-21(12-15-31)28(36)37-5-2)22(19(3)23(17-30)26(32)34)16-24-27(35)33(29(38)39-24)18-20-9-7-6-8-10-20/h6-10,16,21H,4-5,11-15,18H2,1-3H3/b24-16+. The largest absolute Gasteiger partial charge is 0.466 e. The molecule has 204 valence electrons. The number of rotatable bonds is 8. The number of carbonyl (C=O) groups is 2. The minimum Gasteiger partial charge on any atom is -0.466 e. The van der Waals surface area contributed by atoms with Crippen molar-refractivity contribution in [1.82, 2.24) is 9.47 Å². The molecule has 2 aromatic rings. The van der Waals surface area contributed by atoms with E-state index in [0.29, 0.717) is 78.2 Å². The van der Waals surface area contributed by atoms with Crippen LogP contribution in [0, 0.1) is 24.2 Å². The number of hydrogen-bond acceptors (Lipinski definition) is 8. The molecule has 1 amide bonds. The molecule has 2 fully saturated rings. The molecule has 2 aliphatic rings. The summed E-state index contributed by atoms with van der Waals surface area (Å²) in [6.07, 6.45) is 3.66. The Bertz CT molecular complexity index is 1400. The summed E-state index contributed by atoms with van der Waals surface area (Å²) in [6, 6.07) is 11.7. The second-order valence-electron chi connectivity index (χ2n) is 9.57. The van der Waals surface area contributed by atoms with Crippen molar-refractivity contribution in [3.05, 3.63) is 67.8 Å². The number of anilines is 1. The van der Waals surface area contributed by atoms with E-state index in [4.69, 9.17) is 17.0 Å². The summed E-state index contributed by atoms with van der Waals surface area (Å²) < 4.78 is 7.34. The molecule has 1 aromatic carbocycles. The average Bonchev–Trinajstić information content (AvgIpc) is 3.20. The Hall–Kier alpha value is -3.42. The van der Waals surface area contributed by atoms with Crippen molar-refractivity contribution < 1.29 is 14.3 Å². The third-order valence-electron chi connectivity index (χ3n) is 7.04. The number of aromatic nitrogens is 1. The van der Waals surface area contributed by atoms with Crippen molar-refractivity contribution in [2.45, 2.75) is 53.1 Å². The van der Waals surface area contributed by atoms with Gasteiger partial charge in [-0.1, -0.05) is 61.2 Å². The van der Waals surface area contributed by atoms with E-state index in [-0.39, 0.29) is 28.9 Å². The summed E-state index contributed by atoms with van der Waals surface area (Å²) in [4.78, 5) is 43.3. The SMILES string of the molecule is CCCn1c(N2CCC(C(=O)OCC)CC2)c(/C=C2/SC(=S)N(Cc3ccccc3)C2=O)c(C)c(C#N)c1=O. The fourth-order valence-electron chi connectivity index (χ4n) is 5.04. The number of esters is 1. The minimum atomic E-state index is -0.340. The fraction of sp³-hybridized carbons (Fsp3) is 0.414. The number of thiocarbonyl (C=S) groups is 1. The molecule has 1 aromatic heterocycles. The molecule has 4 rings (SSSR count). The van der Waals surface area contributed by atoms with Crippen molar-refractivity contribution in [3.63, 3.8) is 0 Å². The minimum absolute atomic E-state index is 0.0691. The monoisotopic (exact) mass is 564 g/mol. The molecule has 0 radical (unpaired) electrons. The van der Waals surface area contributed by atoms with Crippen LogP contribution in [0.3, 0.4) is 0 Å². The Morgan fingerprint density at radius 1 is 1.21 bits per heavy atom. The van der Waals surface area contributed by atoms with Crippen LogP contribution in [-0.2, 0) is 27.4 Å². The lowest BCUT2D eigenvalue weighted by atomic mass is 9.95. The van der Waals surface area contributed by atoms with E-state index in [1.54, 1.807) is 29.4 Å². The number of piperidine rings is 1. The summed E-state index contributed by atoms with van der Waals surface area (Å²) in [5, 5.41) is 9.87. The third-order valence-corrected chi connectivity index (χ3v) is 8.42. The molecule has 0 spiro atoms. The van der Waals surface area contributed by atoms with Crippen LogP contribution < -0.4 is 10.5 Å². The van der Waals surface area contributed by atoms with Gasteiger partial charge in [-0.05, 0) is 50.3 Å². The van der Waals surface area contributed by atoms with Gasteiger partial charge in [-0.3, -0.25) is 23.9 Å². The van der Waals surface area contributed by atoms with Crippen molar-refractivity contribution >= 4 is 52.1 Å². The fourth-order valence-corrected chi connectivity index (χ4v) is 6.27. The highest BCUT2D eigenvalue weighted by atomic mass is 32.2.